The number of aliphatic imine (C=N–C) groups is 1. The van der Waals surface area contributed by atoms with Gasteiger partial charge in [0.2, 0.25) is 0 Å². The van der Waals surface area contributed by atoms with Gasteiger partial charge in [0.15, 0.2) is 23.4 Å². The van der Waals surface area contributed by atoms with Crippen molar-refractivity contribution in [1.82, 2.24) is 25.0 Å². The molecule has 0 spiro atoms. The van der Waals surface area contributed by atoms with Crippen LogP contribution in [0.3, 0.4) is 0 Å². The molecular formula is C17H26FIN6O. The fourth-order valence-corrected chi connectivity index (χ4v) is 2.36. The zero-order valence-electron chi connectivity index (χ0n) is 15.8. The van der Waals surface area contributed by atoms with Crippen molar-refractivity contribution < 1.29 is 9.13 Å². The molecule has 2 aromatic rings. The average Bonchev–Trinajstić information content (AvgIpc) is 2.90. The molecule has 9 heteroatoms. The summed E-state index contributed by atoms with van der Waals surface area (Å²) in [5, 5.41) is 11.4. The molecule has 144 valence electrons. The van der Waals surface area contributed by atoms with Gasteiger partial charge in [0.1, 0.15) is 12.4 Å². The maximum absolute atomic E-state index is 13.9. The lowest BCUT2D eigenvalue weighted by atomic mass is 10.2. The molecule has 1 aromatic carbocycles. The summed E-state index contributed by atoms with van der Waals surface area (Å²) >= 11 is 0. The minimum absolute atomic E-state index is 0. The summed E-state index contributed by atoms with van der Waals surface area (Å²) in [5.41, 5.74) is 0.834. The van der Waals surface area contributed by atoms with E-state index in [0.717, 1.165) is 29.7 Å². The first kappa shape index (κ1) is 22.1. The molecule has 1 N–H and O–H groups in total. The molecule has 7 nitrogen and oxygen atoms in total. The molecule has 1 heterocycles. The Morgan fingerprint density at radius 2 is 2.12 bits per heavy atom. The Kier molecular flexibility index (Phi) is 8.76. The zero-order chi connectivity index (χ0) is 18.4. The Morgan fingerprint density at radius 1 is 1.38 bits per heavy atom. The van der Waals surface area contributed by atoms with Gasteiger partial charge in [-0.15, -0.1) is 34.2 Å². The standard InChI is InChI=1S/C17H25FN6O.HI/c1-6-19-17(20-10-16-22-21-12(2)24(16)4)23(3)11-13-7-8-15(25-5)14(18)9-13;/h7-9H,6,10-11H2,1-5H3,(H,19,20);1H. The van der Waals surface area contributed by atoms with Gasteiger partial charge < -0.3 is 19.5 Å². The highest BCUT2D eigenvalue weighted by atomic mass is 127. The summed E-state index contributed by atoms with van der Waals surface area (Å²) in [7, 11) is 5.27. The van der Waals surface area contributed by atoms with Crippen LogP contribution >= 0.6 is 24.0 Å². The molecule has 0 aliphatic carbocycles. The summed E-state index contributed by atoms with van der Waals surface area (Å²) in [5.74, 6) is 2.22. The lowest BCUT2D eigenvalue weighted by molar-refractivity contribution is 0.385. The van der Waals surface area contributed by atoms with Crippen molar-refractivity contribution in [2.24, 2.45) is 12.0 Å². The smallest absolute Gasteiger partial charge is 0.194 e. The maximum Gasteiger partial charge on any atom is 0.194 e. The Morgan fingerprint density at radius 3 is 2.65 bits per heavy atom. The lowest BCUT2D eigenvalue weighted by Crippen LogP contribution is -2.38. The minimum atomic E-state index is -0.370. The molecule has 0 fully saturated rings. The predicted octanol–water partition coefficient (Wildman–Crippen LogP) is 2.49. The van der Waals surface area contributed by atoms with Gasteiger partial charge in [-0.3, -0.25) is 0 Å². The topological polar surface area (TPSA) is 67.6 Å². The highest BCUT2D eigenvalue weighted by Gasteiger charge is 2.10. The van der Waals surface area contributed by atoms with Crippen molar-refractivity contribution in [3.63, 3.8) is 0 Å². The number of aryl methyl sites for hydroxylation is 1. The van der Waals surface area contributed by atoms with Crippen LogP contribution in [0.4, 0.5) is 4.39 Å². The van der Waals surface area contributed by atoms with Crippen LogP contribution in [0, 0.1) is 12.7 Å². The summed E-state index contributed by atoms with van der Waals surface area (Å²) in [6.45, 7) is 5.57. The number of hydrogen-bond acceptors (Lipinski definition) is 4. The molecule has 0 saturated carbocycles. The number of hydrogen-bond donors (Lipinski definition) is 1. The van der Waals surface area contributed by atoms with Gasteiger partial charge in [-0.1, -0.05) is 6.07 Å². The second-order valence-corrected chi connectivity index (χ2v) is 5.72. The maximum atomic E-state index is 13.9. The third-order valence-corrected chi connectivity index (χ3v) is 3.89. The van der Waals surface area contributed by atoms with Crippen molar-refractivity contribution in [1.29, 1.82) is 0 Å². The monoisotopic (exact) mass is 476 g/mol. The van der Waals surface area contributed by atoms with E-state index in [9.17, 15) is 4.39 Å². The minimum Gasteiger partial charge on any atom is -0.494 e. The number of nitrogens with zero attached hydrogens (tertiary/aromatic N) is 5. The highest BCUT2D eigenvalue weighted by molar-refractivity contribution is 14.0. The zero-order valence-corrected chi connectivity index (χ0v) is 18.1. The Bertz CT molecular complexity index is 749. The summed E-state index contributed by atoms with van der Waals surface area (Å²) in [6.07, 6.45) is 0. The largest absolute Gasteiger partial charge is 0.494 e. The van der Waals surface area contributed by atoms with Gasteiger partial charge in [-0.2, -0.15) is 0 Å². The van der Waals surface area contributed by atoms with E-state index in [1.807, 2.05) is 43.5 Å². The first-order valence-corrected chi connectivity index (χ1v) is 8.13. The van der Waals surface area contributed by atoms with E-state index < -0.39 is 0 Å². The number of methoxy groups -OCH3 is 1. The second-order valence-electron chi connectivity index (χ2n) is 5.72. The summed E-state index contributed by atoms with van der Waals surface area (Å²) < 4.78 is 20.7. The number of nitrogens with one attached hydrogen (secondary N) is 1. The number of aromatic nitrogens is 3. The first-order chi connectivity index (χ1) is 12.0. The molecule has 0 radical (unpaired) electrons. The lowest BCUT2D eigenvalue weighted by Gasteiger charge is -2.22. The van der Waals surface area contributed by atoms with Gasteiger partial charge in [-0.05, 0) is 31.5 Å². The number of ether oxygens (including phenoxy) is 1. The molecule has 0 aliphatic rings. The Hall–Kier alpha value is -1.91. The molecule has 0 aliphatic heterocycles. The number of benzene rings is 1. The van der Waals surface area contributed by atoms with E-state index in [1.54, 1.807) is 6.07 Å². The van der Waals surface area contributed by atoms with E-state index in [0.29, 0.717) is 13.1 Å². The van der Waals surface area contributed by atoms with Gasteiger partial charge in [0.25, 0.3) is 0 Å². The van der Waals surface area contributed by atoms with Crippen molar-refractivity contribution in [3.05, 3.63) is 41.2 Å². The van der Waals surface area contributed by atoms with Gasteiger partial charge in [0.05, 0.1) is 7.11 Å². The molecule has 2 rings (SSSR count). The molecule has 0 unspecified atom stereocenters. The normalized spacial score (nSPS) is 11.1. The summed E-state index contributed by atoms with van der Waals surface area (Å²) in [6, 6.07) is 4.95. The van der Waals surface area contributed by atoms with Gasteiger partial charge >= 0.3 is 0 Å². The molecular weight excluding hydrogens is 450 g/mol. The number of halogens is 2. The fourth-order valence-electron chi connectivity index (χ4n) is 2.36. The molecule has 26 heavy (non-hydrogen) atoms. The number of rotatable bonds is 6. The van der Waals surface area contributed by atoms with Crippen molar-refractivity contribution in [3.8, 4) is 5.75 Å². The van der Waals surface area contributed by atoms with Crippen LogP contribution in [0.25, 0.3) is 0 Å². The van der Waals surface area contributed by atoms with Gasteiger partial charge in [-0.25, -0.2) is 9.38 Å². The molecule has 0 saturated heterocycles. The Labute approximate surface area is 170 Å². The van der Waals surface area contributed by atoms with Crippen LogP contribution in [-0.4, -0.2) is 46.3 Å². The quantitative estimate of drug-likeness (QED) is 0.395. The second kappa shape index (κ2) is 10.3. The van der Waals surface area contributed by atoms with Crippen LogP contribution in [0.1, 0.15) is 24.1 Å². The van der Waals surface area contributed by atoms with Crippen LogP contribution in [0.2, 0.25) is 0 Å². The molecule has 0 bridgehead atoms. The fraction of sp³-hybridized carbons (Fsp3) is 0.471. The van der Waals surface area contributed by atoms with Crippen molar-refractivity contribution in [2.75, 3.05) is 20.7 Å². The number of guanidine groups is 1. The average molecular weight is 476 g/mol. The third kappa shape index (κ3) is 5.55. The molecule has 1 aromatic heterocycles. The van der Waals surface area contributed by atoms with E-state index in [1.165, 1.54) is 13.2 Å². The summed E-state index contributed by atoms with van der Waals surface area (Å²) in [4.78, 5) is 6.54. The molecule has 0 atom stereocenters. The third-order valence-electron chi connectivity index (χ3n) is 3.89. The Balaban J connectivity index is 0.00000338. The van der Waals surface area contributed by atoms with Crippen molar-refractivity contribution in [2.45, 2.75) is 26.9 Å². The van der Waals surface area contributed by atoms with Crippen LogP contribution in [0.5, 0.6) is 5.75 Å². The highest BCUT2D eigenvalue weighted by Crippen LogP contribution is 2.18. The predicted molar refractivity (Wildman–Crippen MR) is 110 cm³/mol. The molecule has 0 amide bonds. The first-order valence-electron chi connectivity index (χ1n) is 8.13. The van der Waals surface area contributed by atoms with Crippen LogP contribution < -0.4 is 10.1 Å². The van der Waals surface area contributed by atoms with E-state index in [-0.39, 0.29) is 35.5 Å². The van der Waals surface area contributed by atoms with Crippen LogP contribution in [-0.2, 0) is 20.1 Å². The van der Waals surface area contributed by atoms with E-state index in [4.69, 9.17) is 4.74 Å². The SMILES string of the molecule is CCNC(=NCc1nnc(C)n1C)N(C)Cc1ccc(OC)c(F)c1.I. The van der Waals surface area contributed by atoms with E-state index >= 15 is 0 Å². The van der Waals surface area contributed by atoms with Crippen molar-refractivity contribution >= 4 is 29.9 Å². The van der Waals surface area contributed by atoms with E-state index in [2.05, 4.69) is 20.5 Å². The van der Waals surface area contributed by atoms with Crippen LogP contribution in [0.15, 0.2) is 23.2 Å². The van der Waals surface area contributed by atoms with Gasteiger partial charge in [0, 0.05) is 27.2 Å².